The molecule has 5 aliphatic rings. The first kappa shape index (κ1) is 16.1. The minimum absolute atomic E-state index is 0.177. The van der Waals surface area contributed by atoms with E-state index < -0.39 is 0 Å². The number of furan rings is 1. The second-order valence-corrected chi connectivity index (χ2v) is 10.9. The van der Waals surface area contributed by atoms with Gasteiger partial charge in [0, 0.05) is 21.5 Å². The van der Waals surface area contributed by atoms with Crippen molar-refractivity contribution in [2.75, 3.05) is 4.90 Å². The molecule has 4 saturated carbocycles. The molecule has 3 aromatic rings. The van der Waals surface area contributed by atoms with Crippen LogP contribution in [-0.2, 0) is 5.54 Å². The van der Waals surface area contributed by atoms with Gasteiger partial charge in [-0.3, -0.25) is 0 Å². The van der Waals surface area contributed by atoms with Gasteiger partial charge in [0.05, 0.1) is 17.8 Å². The van der Waals surface area contributed by atoms with Gasteiger partial charge in [0.15, 0.2) is 4.90 Å². The van der Waals surface area contributed by atoms with Crippen LogP contribution in [0, 0.1) is 30.6 Å². The Morgan fingerprint density at radius 3 is 2.43 bits per heavy atom. The summed E-state index contributed by atoms with van der Waals surface area (Å²) >= 11 is 1.92. The molecule has 0 unspecified atom stereocenters. The van der Waals surface area contributed by atoms with Gasteiger partial charge in [-0.2, -0.15) is 0 Å². The van der Waals surface area contributed by atoms with Crippen LogP contribution in [0.25, 0.3) is 10.3 Å². The summed E-state index contributed by atoms with van der Waals surface area (Å²) < 4.78 is 5.91. The van der Waals surface area contributed by atoms with Gasteiger partial charge in [0.25, 0.3) is 0 Å². The molecule has 28 heavy (non-hydrogen) atoms. The van der Waals surface area contributed by atoms with Gasteiger partial charge in [-0.1, -0.05) is 18.2 Å². The van der Waals surface area contributed by atoms with Crippen LogP contribution < -0.4 is 4.90 Å². The molecule has 3 heteroatoms. The summed E-state index contributed by atoms with van der Waals surface area (Å²) in [5.74, 6) is 3.54. The molecule has 144 valence electrons. The lowest BCUT2D eigenvalue weighted by Gasteiger charge is -2.64. The van der Waals surface area contributed by atoms with Gasteiger partial charge in [0.1, 0.15) is 0 Å². The molecule has 2 nitrogen and oxygen atoms in total. The van der Waals surface area contributed by atoms with Crippen molar-refractivity contribution >= 4 is 27.3 Å². The van der Waals surface area contributed by atoms with E-state index in [2.05, 4.69) is 49.1 Å². The summed E-state index contributed by atoms with van der Waals surface area (Å²) in [5.41, 5.74) is 4.71. The summed E-state index contributed by atoms with van der Waals surface area (Å²) in [6.07, 6.45) is 9.12. The first-order valence-electron chi connectivity index (χ1n) is 11.0. The molecule has 4 fully saturated rings. The normalized spacial score (nSPS) is 38.1. The van der Waals surface area contributed by atoms with E-state index in [0.29, 0.717) is 6.04 Å². The van der Waals surface area contributed by atoms with Gasteiger partial charge in [-0.25, -0.2) is 0 Å². The summed E-state index contributed by atoms with van der Waals surface area (Å²) in [5, 5.41) is 1.41. The number of anilines is 1. The zero-order chi connectivity index (χ0) is 18.6. The van der Waals surface area contributed by atoms with Crippen LogP contribution in [0.15, 0.2) is 41.0 Å². The maximum absolute atomic E-state index is 5.91. The summed E-state index contributed by atoms with van der Waals surface area (Å²) in [6, 6.07) is 11.8. The lowest BCUT2D eigenvalue weighted by atomic mass is 9.47. The molecule has 0 N–H and O–H groups in total. The Bertz CT molecular complexity index is 1060. The van der Waals surface area contributed by atoms with E-state index in [9.17, 15) is 0 Å². The predicted octanol–water partition coefficient (Wildman–Crippen LogP) is 7.04. The number of benzene rings is 1. The molecule has 0 saturated heterocycles. The number of thiophene rings is 1. The third-order valence-electron chi connectivity index (χ3n) is 8.67. The quantitative estimate of drug-likeness (QED) is 0.444. The Labute approximate surface area is 170 Å². The first-order valence-corrected chi connectivity index (χ1v) is 11.8. The van der Waals surface area contributed by atoms with Crippen molar-refractivity contribution in [3.63, 3.8) is 0 Å². The fraction of sp³-hybridized carbons (Fsp3) is 0.520. The second kappa shape index (κ2) is 5.24. The molecule has 1 aliphatic heterocycles. The van der Waals surface area contributed by atoms with Gasteiger partial charge < -0.3 is 9.32 Å². The molecule has 4 aliphatic carbocycles. The highest BCUT2D eigenvalue weighted by Crippen LogP contribution is 2.70. The molecular formula is C25H27NOS. The smallest absolute Gasteiger partial charge is 0.188 e. The van der Waals surface area contributed by atoms with Crippen molar-refractivity contribution in [1.82, 2.24) is 0 Å². The van der Waals surface area contributed by atoms with E-state index in [4.69, 9.17) is 4.42 Å². The molecule has 0 radical (unpaired) electrons. The van der Waals surface area contributed by atoms with Crippen LogP contribution in [-0.4, -0.2) is 0 Å². The van der Waals surface area contributed by atoms with Crippen molar-refractivity contribution in [1.29, 1.82) is 0 Å². The lowest BCUT2D eigenvalue weighted by molar-refractivity contribution is -0.0596. The molecule has 1 spiro atoms. The largest absolute Gasteiger partial charge is 0.454 e. The number of hydrogen-bond acceptors (Lipinski definition) is 3. The lowest BCUT2D eigenvalue weighted by Crippen LogP contribution is -2.62. The van der Waals surface area contributed by atoms with Crippen molar-refractivity contribution in [3.8, 4) is 0 Å². The Morgan fingerprint density at radius 1 is 1.00 bits per heavy atom. The van der Waals surface area contributed by atoms with Gasteiger partial charge >= 0.3 is 0 Å². The van der Waals surface area contributed by atoms with Crippen molar-refractivity contribution < 1.29 is 4.42 Å². The van der Waals surface area contributed by atoms with Gasteiger partial charge in [0.2, 0.25) is 0 Å². The Balaban J connectivity index is 1.55. The van der Waals surface area contributed by atoms with E-state index in [0.717, 1.165) is 28.6 Å². The minimum atomic E-state index is 0.177. The fourth-order valence-electron chi connectivity index (χ4n) is 8.05. The number of nitrogens with zero attached hydrogens (tertiary/aromatic N) is 1. The standard InChI is InChI=1S/C25H27NOS/c1-14-5-3-4-6-21(14)26-15(2)23-22(20-7-8-27-24(20)28-23)25(26)18-10-16-9-17(12-18)13-19(25)11-16/h3-8,15-19H,9-13H2,1-2H3/t15-,16?,17?,18?,19?,25?/m0/s1. The molecule has 4 bridgehead atoms. The first-order chi connectivity index (χ1) is 13.7. The number of aryl methyl sites for hydroxylation is 1. The average molecular weight is 390 g/mol. The highest BCUT2D eigenvalue weighted by atomic mass is 32.1. The highest BCUT2D eigenvalue weighted by Gasteiger charge is 2.65. The number of hydrogen-bond donors (Lipinski definition) is 0. The Morgan fingerprint density at radius 2 is 1.71 bits per heavy atom. The Hall–Kier alpha value is -1.74. The molecule has 1 atom stereocenters. The number of para-hydroxylation sites is 1. The maximum Gasteiger partial charge on any atom is 0.188 e. The predicted molar refractivity (Wildman–Crippen MR) is 115 cm³/mol. The summed E-state index contributed by atoms with van der Waals surface area (Å²) in [7, 11) is 0. The van der Waals surface area contributed by atoms with Crippen LogP contribution >= 0.6 is 11.3 Å². The molecule has 3 heterocycles. The summed E-state index contributed by atoms with van der Waals surface area (Å²) in [6.45, 7) is 4.74. The van der Waals surface area contributed by atoms with Crippen LogP contribution in [0.2, 0.25) is 0 Å². The highest BCUT2D eigenvalue weighted by molar-refractivity contribution is 7.18. The van der Waals surface area contributed by atoms with Crippen LogP contribution in [0.3, 0.4) is 0 Å². The second-order valence-electron chi connectivity index (χ2n) is 9.93. The molecular weight excluding hydrogens is 362 g/mol. The van der Waals surface area contributed by atoms with Crippen molar-refractivity contribution in [2.45, 2.75) is 57.5 Å². The van der Waals surface area contributed by atoms with Crippen molar-refractivity contribution in [2.24, 2.45) is 23.7 Å². The Kier molecular flexibility index (Phi) is 3.01. The zero-order valence-electron chi connectivity index (χ0n) is 16.7. The molecule has 2 aromatic heterocycles. The monoisotopic (exact) mass is 389 g/mol. The van der Waals surface area contributed by atoms with Gasteiger partial charge in [-0.15, -0.1) is 11.3 Å². The van der Waals surface area contributed by atoms with Crippen molar-refractivity contribution in [3.05, 3.63) is 52.6 Å². The van der Waals surface area contributed by atoms with E-state index in [1.807, 2.05) is 17.6 Å². The minimum Gasteiger partial charge on any atom is -0.454 e. The van der Waals surface area contributed by atoms with Crippen LogP contribution in [0.5, 0.6) is 0 Å². The van der Waals surface area contributed by atoms with Crippen LogP contribution in [0.4, 0.5) is 5.69 Å². The third kappa shape index (κ3) is 1.72. The maximum atomic E-state index is 5.91. The van der Waals surface area contributed by atoms with E-state index in [1.54, 1.807) is 10.4 Å². The SMILES string of the molecule is Cc1ccccc1N1[C@@H](C)c2sc3occc3c2C12C1CC3CC(C1)CC2C3. The average Bonchev–Trinajstić information content (AvgIpc) is 3.32. The molecule has 8 rings (SSSR count). The molecule has 1 aromatic carbocycles. The summed E-state index contributed by atoms with van der Waals surface area (Å²) in [4.78, 5) is 5.61. The zero-order valence-corrected chi connectivity index (χ0v) is 17.5. The van der Waals surface area contributed by atoms with E-state index in [1.165, 1.54) is 48.7 Å². The number of rotatable bonds is 1. The fourth-order valence-corrected chi connectivity index (χ4v) is 9.29. The number of fused-ring (bicyclic) bond motifs is 3. The third-order valence-corrected chi connectivity index (χ3v) is 9.94. The van der Waals surface area contributed by atoms with Gasteiger partial charge in [-0.05, 0) is 87.3 Å². The topological polar surface area (TPSA) is 16.4 Å². The van der Waals surface area contributed by atoms with E-state index >= 15 is 0 Å². The van der Waals surface area contributed by atoms with Crippen LogP contribution in [0.1, 0.15) is 61.1 Å². The molecule has 0 amide bonds. The van der Waals surface area contributed by atoms with E-state index in [-0.39, 0.29) is 5.54 Å².